The van der Waals surface area contributed by atoms with Gasteiger partial charge in [-0.2, -0.15) is 9.97 Å². The quantitative estimate of drug-likeness (QED) is 0.842. The van der Waals surface area contributed by atoms with Crippen molar-refractivity contribution in [3.63, 3.8) is 0 Å². The molecule has 1 aliphatic heterocycles. The Morgan fingerprint density at radius 2 is 1.90 bits per heavy atom. The summed E-state index contributed by atoms with van der Waals surface area (Å²) in [4.78, 5) is 14.9. The number of hydrogen-bond acceptors (Lipinski definition) is 7. The Balaban J connectivity index is 2.13. The Bertz CT molecular complexity index is 435. The van der Waals surface area contributed by atoms with Crippen molar-refractivity contribution < 1.29 is 9.47 Å². The van der Waals surface area contributed by atoms with Crippen LogP contribution in [0.15, 0.2) is 0 Å². The summed E-state index contributed by atoms with van der Waals surface area (Å²) >= 11 is 0. The van der Waals surface area contributed by atoms with Crippen LogP contribution in [0.4, 0.5) is 5.95 Å². The molecule has 0 spiro atoms. The molecule has 0 radical (unpaired) electrons. The zero-order chi connectivity index (χ0) is 15.2. The van der Waals surface area contributed by atoms with Gasteiger partial charge in [0.25, 0.3) is 0 Å². The minimum Gasteiger partial charge on any atom is -0.467 e. The number of anilines is 1. The van der Waals surface area contributed by atoms with Gasteiger partial charge < -0.3 is 19.7 Å². The molecule has 7 nitrogen and oxygen atoms in total. The maximum Gasteiger partial charge on any atom is 0.324 e. The molecular weight excluding hydrogens is 270 g/mol. The third-order valence-corrected chi connectivity index (χ3v) is 3.92. The topological polar surface area (TPSA) is 72.4 Å². The number of piperidine rings is 1. The van der Waals surface area contributed by atoms with Gasteiger partial charge in [0, 0.05) is 19.1 Å². The van der Waals surface area contributed by atoms with Crippen molar-refractivity contribution in [2.24, 2.45) is 5.92 Å². The molecule has 1 aliphatic rings. The normalized spacial score (nSPS) is 20.2. The van der Waals surface area contributed by atoms with Crippen molar-refractivity contribution in [1.29, 1.82) is 0 Å². The number of methoxy groups -OCH3 is 2. The van der Waals surface area contributed by atoms with Crippen molar-refractivity contribution >= 4 is 5.95 Å². The van der Waals surface area contributed by atoms with Gasteiger partial charge in [0.2, 0.25) is 5.95 Å². The van der Waals surface area contributed by atoms with E-state index >= 15 is 0 Å². The first-order valence-corrected chi connectivity index (χ1v) is 7.50. The molecule has 1 aromatic heterocycles. The predicted octanol–water partition coefficient (Wildman–Crippen LogP) is 1.10. The Kier molecular flexibility index (Phi) is 5.55. The first-order chi connectivity index (χ1) is 10.2. The van der Waals surface area contributed by atoms with E-state index < -0.39 is 0 Å². The summed E-state index contributed by atoms with van der Waals surface area (Å²) in [5.41, 5.74) is 0. The maximum absolute atomic E-state index is 5.12. The minimum absolute atomic E-state index is 0.290. The zero-order valence-electron chi connectivity index (χ0n) is 13.3. The van der Waals surface area contributed by atoms with Gasteiger partial charge >= 0.3 is 12.0 Å². The fraction of sp³-hybridized carbons (Fsp3) is 0.786. The van der Waals surface area contributed by atoms with Gasteiger partial charge in [0.1, 0.15) is 0 Å². The Hall–Kier alpha value is -1.63. The molecule has 21 heavy (non-hydrogen) atoms. The van der Waals surface area contributed by atoms with E-state index in [0.29, 0.717) is 29.9 Å². The highest BCUT2D eigenvalue weighted by molar-refractivity contribution is 5.33. The van der Waals surface area contributed by atoms with E-state index in [1.54, 1.807) is 14.2 Å². The van der Waals surface area contributed by atoms with Crippen LogP contribution in [0.1, 0.15) is 26.7 Å². The summed E-state index contributed by atoms with van der Waals surface area (Å²) in [6, 6.07) is 1.07. The fourth-order valence-corrected chi connectivity index (χ4v) is 2.74. The van der Waals surface area contributed by atoms with Crippen molar-refractivity contribution in [3.8, 4) is 12.0 Å². The first kappa shape index (κ1) is 15.8. The zero-order valence-corrected chi connectivity index (χ0v) is 13.3. The van der Waals surface area contributed by atoms with Crippen LogP contribution in [0, 0.1) is 5.92 Å². The van der Waals surface area contributed by atoms with Gasteiger partial charge in [-0.15, -0.1) is 4.98 Å². The highest BCUT2D eigenvalue weighted by Crippen LogP contribution is 2.24. The van der Waals surface area contributed by atoms with Gasteiger partial charge in [-0.05, 0) is 32.2 Å². The van der Waals surface area contributed by atoms with Gasteiger partial charge in [-0.3, -0.25) is 0 Å². The van der Waals surface area contributed by atoms with Gasteiger partial charge in [0.15, 0.2) is 0 Å². The summed E-state index contributed by atoms with van der Waals surface area (Å²) in [7, 11) is 3.09. The van der Waals surface area contributed by atoms with E-state index in [9.17, 15) is 0 Å². The lowest BCUT2D eigenvalue weighted by Gasteiger charge is -2.36. The lowest BCUT2D eigenvalue weighted by atomic mass is 9.92. The van der Waals surface area contributed by atoms with Crippen LogP contribution in [-0.4, -0.2) is 54.8 Å². The standard InChI is InChI=1S/C14H25N5O2/c1-5-15-10(2)11-7-6-8-19(9-11)12-16-13(20-3)18-14(17-12)21-4/h10-11,15H,5-9H2,1-4H3. The van der Waals surface area contributed by atoms with Crippen LogP contribution < -0.4 is 19.7 Å². The first-order valence-electron chi connectivity index (χ1n) is 7.50. The van der Waals surface area contributed by atoms with E-state index in [-0.39, 0.29) is 0 Å². The monoisotopic (exact) mass is 295 g/mol. The molecule has 0 aliphatic carbocycles. The number of ether oxygens (including phenoxy) is 2. The Morgan fingerprint density at radius 3 is 2.48 bits per heavy atom. The Morgan fingerprint density at radius 1 is 1.24 bits per heavy atom. The largest absolute Gasteiger partial charge is 0.467 e. The molecule has 0 saturated carbocycles. The second-order valence-corrected chi connectivity index (χ2v) is 5.30. The van der Waals surface area contributed by atoms with E-state index in [1.165, 1.54) is 6.42 Å². The summed E-state index contributed by atoms with van der Waals surface area (Å²) < 4.78 is 10.2. The lowest BCUT2D eigenvalue weighted by molar-refractivity contribution is 0.315. The number of aromatic nitrogens is 3. The molecule has 1 aromatic rings. The average molecular weight is 295 g/mol. The SMILES string of the molecule is CCNC(C)C1CCCN(c2nc(OC)nc(OC)n2)C1. The molecule has 2 heterocycles. The van der Waals surface area contributed by atoms with E-state index in [0.717, 1.165) is 26.1 Å². The highest BCUT2D eigenvalue weighted by atomic mass is 16.5. The second-order valence-electron chi connectivity index (χ2n) is 5.30. The Labute approximate surface area is 126 Å². The molecule has 2 atom stereocenters. The lowest BCUT2D eigenvalue weighted by Crippen LogP contribution is -2.45. The molecule has 0 bridgehead atoms. The van der Waals surface area contributed by atoms with Crippen molar-refractivity contribution in [1.82, 2.24) is 20.3 Å². The summed E-state index contributed by atoms with van der Waals surface area (Å²) in [6.45, 7) is 7.26. The maximum atomic E-state index is 5.12. The van der Waals surface area contributed by atoms with Crippen LogP contribution in [0.3, 0.4) is 0 Å². The van der Waals surface area contributed by atoms with Crippen LogP contribution in [0.2, 0.25) is 0 Å². The molecule has 1 fully saturated rings. The predicted molar refractivity (Wildman–Crippen MR) is 81.0 cm³/mol. The molecule has 2 unspecified atom stereocenters. The smallest absolute Gasteiger partial charge is 0.324 e. The molecule has 1 N–H and O–H groups in total. The molecule has 2 rings (SSSR count). The van der Waals surface area contributed by atoms with Crippen LogP contribution in [-0.2, 0) is 0 Å². The third kappa shape index (κ3) is 3.93. The van der Waals surface area contributed by atoms with Crippen molar-refractivity contribution in [2.75, 3.05) is 38.8 Å². The number of nitrogens with zero attached hydrogens (tertiary/aromatic N) is 4. The van der Waals surface area contributed by atoms with Crippen molar-refractivity contribution in [3.05, 3.63) is 0 Å². The minimum atomic E-state index is 0.290. The number of nitrogens with one attached hydrogen (secondary N) is 1. The van der Waals surface area contributed by atoms with E-state index in [1.807, 2.05) is 0 Å². The number of rotatable bonds is 6. The summed E-state index contributed by atoms with van der Waals surface area (Å²) in [5.74, 6) is 1.22. The van der Waals surface area contributed by atoms with Crippen LogP contribution in [0.5, 0.6) is 12.0 Å². The van der Waals surface area contributed by atoms with Crippen molar-refractivity contribution in [2.45, 2.75) is 32.7 Å². The van der Waals surface area contributed by atoms with Gasteiger partial charge in [-0.25, -0.2) is 0 Å². The van der Waals surface area contributed by atoms with E-state index in [4.69, 9.17) is 9.47 Å². The molecule has 0 amide bonds. The molecule has 0 aromatic carbocycles. The third-order valence-electron chi connectivity index (χ3n) is 3.92. The van der Waals surface area contributed by atoms with E-state index in [2.05, 4.69) is 39.0 Å². The second kappa shape index (κ2) is 7.40. The molecule has 118 valence electrons. The average Bonchev–Trinajstić information content (AvgIpc) is 2.54. The number of hydrogen-bond donors (Lipinski definition) is 1. The van der Waals surface area contributed by atoms with Crippen LogP contribution >= 0.6 is 0 Å². The summed E-state index contributed by atoms with van der Waals surface area (Å²) in [5, 5.41) is 3.50. The molecular formula is C14H25N5O2. The van der Waals surface area contributed by atoms with Gasteiger partial charge in [0.05, 0.1) is 14.2 Å². The highest BCUT2D eigenvalue weighted by Gasteiger charge is 2.26. The van der Waals surface area contributed by atoms with Crippen LogP contribution in [0.25, 0.3) is 0 Å². The van der Waals surface area contributed by atoms with Gasteiger partial charge in [-0.1, -0.05) is 6.92 Å². The fourth-order valence-electron chi connectivity index (χ4n) is 2.74. The summed E-state index contributed by atoms with van der Waals surface area (Å²) in [6.07, 6.45) is 2.36. The molecule has 7 heteroatoms. The molecule has 1 saturated heterocycles.